The highest BCUT2D eigenvalue weighted by Gasteiger charge is 2.40. The smallest absolute Gasteiger partial charge is 0.226 e. The van der Waals surface area contributed by atoms with Crippen molar-refractivity contribution in [2.75, 3.05) is 13.7 Å². The molecule has 1 amide bonds. The number of rotatable bonds is 7. The van der Waals surface area contributed by atoms with Gasteiger partial charge in [-0.2, -0.15) is 0 Å². The molecule has 1 N–H and O–H groups in total. The maximum atomic E-state index is 14.4. The highest BCUT2D eigenvalue weighted by atomic mass is 19.1. The van der Waals surface area contributed by atoms with Crippen LogP contribution in [0.4, 0.5) is 4.39 Å². The first-order chi connectivity index (χ1) is 17.7. The summed E-state index contributed by atoms with van der Waals surface area (Å²) in [5, 5.41) is 3.71. The summed E-state index contributed by atoms with van der Waals surface area (Å²) in [6.45, 7) is 1.28. The molecular formula is C30H34FN3O2. The molecule has 36 heavy (non-hydrogen) atoms. The van der Waals surface area contributed by atoms with Gasteiger partial charge in [0, 0.05) is 36.2 Å². The Kier molecular flexibility index (Phi) is 7.61. The van der Waals surface area contributed by atoms with Gasteiger partial charge in [0.1, 0.15) is 11.6 Å². The van der Waals surface area contributed by atoms with Crippen LogP contribution in [0.2, 0.25) is 0 Å². The lowest BCUT2D eigenvalue weighted by molar-refractivity contribution is -0.137. The maximum Gasteiger partial charge on any atom is 0.226 e. The molecule has 0 radical (unpaired) electrons. The van der Waals surface area contributed by atoms with Crippen LogP contribution >= 0.6 is 0 Å². The number of likely N-dealkylation sites (tertiary alicyclic amines) is 1. The van der Waals surface area contributed by atoms with Crippen LogP contribution in [0.5, 0.6) is 5.75 Å². The molecule has 2 aliphatic rings. The summed E-state index contributed by atoms with van der Waals surface area (Å²) in [7, 11) is 1.62. The lowest BCUT2D eigenvalue weighted by Gasteiger charge is -2.33. The minimum absolute atomic E-state index is 0.0144. The molecule has 2 heterocycles. The van der Waals surface area contributed by atoms with Crippen LogP contribution in [0.25, 0.3) is 11.3 Å². The highest BCUT2D eigenvalue weighted by molar-refractivity contribution is 5.80. The van der Waals surface area contributed by atoms with E-state index in [9.17, 15) is 9.18 Å². The summed E-state index contributed by atoms with van der Waals surface area (Å²) in [6, 6.07) is 19.0. The number of halogens is 1. The Labute approximate surface area is 212 Å². The summed E-state index contributed by atoms with van der Waals surface area (Å²) in [4.78, 5) is 20.1. The Bertz CT molecular complexity index is 1180. The second kappa shape index (κ2) is 11.2. The number of hydrogen-bond acceptors (Lipinski definition) is 4. The molecule has 188 valence electrons. The topological polar surface area (TPSA) is 54.5 Å². The lowest BCUT2D eigenvalue weighted by atomic mass is 9.87. The number of carbonyl (C=O) groups is 1. The number of aromatic nitrogens is 1. The van der Waals surface area contributed by atoms with Crippen molar-refractivity contribution in [3.8, 4) is 17.0 Å². The number of benzene rings is 2. The number of carbonyl (C=O) groups excluding carboxylic acids is 1. The van der Waals surface area contributed by atoms with Gasteiger partial charge in [0.25, 0.3) is 0 Å². The molecule has 5 rings (SSSR count). The van der Waals surface area contributed by atoms with E-state index in [1.54, 1.807) is 25.4 Å². The van der Waals surface area contributed by atoms with Gasteiger partial charge in [0.05, 0.1) is 25.0 Å². The van der Waals surface area contributed by atoms with Gasteiger partial charge in [-0.15, -0.1) is 0 Å². The zero-order chi connectivity index (χ0) is 24.9. The fraction of sp³-hybridized carbons (Fsp3) is 0.400. The van der Waals surface area contributed by atoms with Crippen molar-refractivity contribution in [2.24, 2.45) is 5.92 Å². The average molecular weight is 488 g/mol. The summed E-state index contributed by atoms with van der Waals surface area (Å²) in [6.07, 6.45) is 8.07. The molecule has 0 bridgehead atoms. The van der Waals surface area contributed by atoms with Gasteiger partial charge in [-0.05, 0) is 43.0 Å². The van der Waals surface area contributed by atoms with Gasteiger partial charge in [-0.3, -0.25) is 9.78 Å². The summed E-state index contributed by atoms with van der Waals surface area (Å²) in [5.41, 5.74) is 3.11. The number of nitrogens with zero attached hydrogens (tertiary/aromatic N) is 2. The molecule has 1 aliphatic carbocycles. The molecule has 3 aromatic rings. The Morgan fingerprint density at radius 3 is 2.56 bits per heavy atom. The quantitative estimate of drug-likeness (QED) is 0.450. The van der Waals surface area contributed by atoms with Crippen molar-refractivity contribution in [2.45, 2.75) is 57.2 Å². The number of amides is 1. The van der Waals surface area contributed by atoms with E-state index in [2.05, 4.69) is 27.3 Å². The predicted molar refractivity (Wildman–Crippen MR) is 139 cm³/mol. The number of hydrogen-bond donors (Lipinski definition) is 1. The molecule has 0 spiro atoms. The van der Waals surface area contributed by atoms with Crippen LogP contribution in [0.1, 0.15) is 55.7 Å². The number of ether oxygens (including phenoxy) is 1. The van der Waals surface area contributed by atoms with Crippen LogP contribution in [0.3, 0.4) is 0 Å². The maximum absolute atomic E-state index is 14.4. The van der Waals surface area contributed by atoms with Gasteiger partial charge in [-0.25, -0.2) is 4.39 Å². The zero-order valence-electron chi connectivity index (χ0n) is 20.8. The van der Waals surface area contributed by atoms with Gasteiger partial charge < -0.3 is 15.0 Å². The molecule has 5 nitrogen and oxygen atoms in total. The molecular weight excluding hydrogens is 453 g/mol. The summed E-state index contributed by atoms with van der Waals surface area (Å²) >= 11 is 0. The van der Waals surface area contributed by atoms with Crippen molar-refractivity contribution >= 4 is 5.91 Å². The van der Waals surface area contributed by atoms with Crippen LogP contribution < -0.4 is 10.1 Å². The van der Waals surface area contributed by atoms with Gasteiger partial charge >= 0.3 is 0 Å². The average Bonchev–Trinajstić information content (AvgIpc) is 3.36. The molecule has 2 fully saturated rings. The molecule has 6 heteroatoms. The normalized spacial score (nSPS) is 20.4. The van der Waals surface area contributed by atoms with Crippen LogP contribution in [-0.4, -0.2) is 35.5 Å². The van der Waals surface area contributed by atoms with E-state index in [0.717, 1.165) is 49.8 Å². The van der Waals surface area contributed by atoms with Crippen LogP contribution in [0.15, 0.2) is 66.9 Å². The highest BCUT2D eigenvalue weighted by Crippen LogP contribution is 2.37. The fourth-order valence-electron chi connectivity index (χ4n) is 5.76. The van der Waals surface area contributed by atoms with E-state index in [1.807, 2.05) is 30.3 Å². The predicted octanol–water partition coefficient (Wildman–Crippen LogP) is 5.91. The minimum atomic E-state index is -0.300. The number of pyridine rings is 1. The molecule has 2 atom stereocenters. The molecule has 1 saturated carbocycles. The first-order valence-electron chi connectivity index (χ1n) is 13.0. The minimum Gasteiger partial charge on any atom is -0.495 e. The number of nitrogens with one attached hydrogen (secondary N) is 1. The summed E-state index contributed by atoms with van der Waals surface area (Å²) < 4.78 is 20.0. The van der Waals surface area contributed by atoms with Gasteiger partial charge in [0.2, 0.25) is 5.91 Å². The third-order valence-corrected chi connectivity index (χ3v) is 7.65. The fourth-order valence-corrected chi connectivity index (χ4v) is 5.76. The van der Waals surface area contributed by atoms with Gasteiger partial charge in [0.15, 0.2) is 0 Å². The van der Waals surface area contributed by atoms with Crippen LogP contribution in [0, 0.1) is 11.7 Å². The molecule has 1 saturated heterocycles. The first-order valence-corrected chi connectivity index (χ1v) is 13.0. The van der Waals surface area contributed by atoms with Crippen molar-refractivity contribution in [1.82, 2.24) is 15.2 Å². The van der Waals surface area contributed by atoms with Crippen molar-refractivity contribution in [1.29, 1.82) is 0 Å². The van der Waals surface area contributed by atoms with E-state index in [4.69, 9.17) is 4.74 Å². The third-order valence-electron chi connectivity index (χ3n) is 7.65. The Hall–Kier alpha value is -3.25. The SMILES string of the molecule is COc1cnc(-c2ccccc2F)cc1CNC1CCN(C(=O)C2CCCCC2)C1c1ccccc1. The van der Waals surface area contributed by atoms with E-state index >= 15 is 0 Å². The molecule has 1 aromatic heterocycles. The molecule has 1 aliphatic heterocycles. The van der Waals surface area contributed by atoms with E-state index < -0.39 is 0 Å². The second-order valence-corrected chi connectivity index (χ2v) is 9.86. The standard InChI is InChI=1S/C30H34FN3O2/c1-36-28-20-33-27(24-14-8-9-15-25(24)31)18-23(28)19-32-26-16-17-34(29(26)21-10-4-2-5-11-21)30(35)22-12-6-3-7-13-22/h2,4-5,8-11,14-15,18,20,22,26,29,32H,3,6-7,12-13,16-17,19H2,1H3. The van der Waals surface area contributed by atoms with E-state index in [1.165, 1.54) is 12.5 Å². The van der Waals surface area contributed by atoms with Crippen molar-refractivity contribution in [3.05, 3.63) is 83.8 Å². The Balaban J connectivity index is 1.38. The monoisotopic (exact) mass is 487 g/mol. The van der Waals surface area contributed by atoms with E-state index in [-0.39, 0.29) is 23.8 Å². The molecule has 2 aromatic carbocycles. The van der Waals surface area contributed by atoms with Gasteiger partial charge in [-0.1, -0.05) is 61.7 Å². The van der Waals surface area contributed by atoms with Crippen LogP contribution in [-0.2, 0) is 11.3 Å². The third kappa shape index (κ3) is 5.14. The zero-order valence-corrected chi connectivity index (χ0v) is 20.8. The second-order valence-electron chi connectivity index (χ2n) is 9.86. The number of methoxy groups -OCH3 is 1. The van der Waals surface area contributed by atoms with E-state index in [0.29, 0.717) is 29.5 Å². The lowest BCUT2D eigenvalue weighted by Crippen LogP contribution is -2.41. The first kappa shape index (κ1) is 24.4. The van der Waals surface area contributed by atoms with Crippen molar-refractivity contribution in [3.63, 3.8) is 0 Å². The summed E-state index contributed by atoms with van der Waals surface area (Å²) in [5.74, 6) is 0.807. The Morgan fingerprint density at radius 1 is 1.06 bits per heavy atom. The largest absolute Gasteiger partial charge is 0.495 e. The van der Waals surface area contributed by atoms with Crippen molar-refractivity contribution < 1.29 is 13.9 Å². The Morgan fingerprint density at radius 2 is 1.81 bits per heavy atom. The molecule has 2 unspecified atom stereocenters.